The minimum atomic E-state index is -0.304. The van der Waals surface area contributed by atoms with Crippen molar-refractivity contribution in [2.45, 2.75) is 45.3 Å². The van der Waals surface area contributed by atoms with Gasteiger partial charge in [0.25, 0.3) is 5.91 Å². The van der Waals surface area contributed by atoms with Gasteiger partial charge in [-0.25, -0.2) is 4.68 Å². The van der Waals surface area contributed by atoms with Crippen LogP contribution in [0.5, 0.6) is 0 Å². The van der Waals surface area contributed by atoms with E-state index in [1.807, 2.05) is 0 Å². The Morgan fingerprint density at radius 2 is 1.69 bits per heavy atom. The van der Waals surface area contributed by atoms with Crippen LogP contribution in [-0.4, -0.2) is 63.8 Å². The molecule has 0 atom stereocenters. The van der Waals surface area contributed by atoms with E-state index in [4.69, 9.17) is 0 Å². The summed E-state index contributed by atoms with van der Waals surface area (Å²) >= 11 is 0. The van der Waals surface area contributed by atoms with Crippen LogP contribution >= 0.6 is 0 Å². The van der Waals surface area contributed by atoms with Gasteiger partial charge in [-0.05, 0) is 37.1 Å². The number of likely N-dealkylation sites (N-methyl/N-ethyl adjacent to an activating group) is 1. The normalized spacial score (nSPS) is 15.0. The monoisotopic (exact) mass is 398 g/mol. The molecule has 0 spiro atoms. The quantitative estimate of drug-likeness (QED) is 0.767. The van der Waals surface area contributed by atoms with Crippen molar-refractivity contribution in [2.75, 3.05) is 27.2 Å². The molecule has 156 valence electrons. The van der Waals surface area contributed by atoms with Gasteiger partial charge in [0.15, 0.2) is 5.69 Å². The van der Waals surface area contributed by atoms with Crippen LogP contribution < -0.4 is 5.32 Å². The van der Waals surface area contributed by atoms with E-state index in [0.717, 1.165) is 12.1 Å². The second kappa shape index (κ2) is 10.2. The first-order valence-electron chi connectivity index (χ1n) is 10.2. The van der Waals surface area contributed by atoms with E-state index < -0.39 is 0 Å². The third-order valence-corrected chi connectivity index (χ3v) is 5.15. The first-order chi connectivity index (χ1) is 14.0. The van der Waals surface area contributed by atoms with Gasteiger partial charge < -0.3 is 10.2 Å². The lowest BCUT2D eigenvalue weighted by atomic mass is 10.1. The number of nitrogens with one attached hydrogen (secondary N) is 1. The van der Waals surface area contributed by atoms with Crippen molar-refractivity contribution in [1.82, 2.24) is 30.1 Å². The Kier molecular flexibility index (Phi) is 7.35. The van der Waals surface area contributed by atoms with Gasteiger partial charge in [0.05, 0.1) is 6.20 Å². The molecule has 1 aliphatic heterocycles. The van der Waals surface area contributed by atoms with Crippen LogP contribution in [0.2, 0.25) is 0 Å². The van der Waals surface area contributed by atoms with E-state index in [0.29, 0.717) is 6.54 Å². The SMILES string of the molecule is CN(C)C(=O)Cn1cc(C(=O)NCc2ccc(CN3CCCCCC3)cc2)nn1. The van der Waals surface area contributed by atoms with E-state index >= 15 is 0 Å². The number of rotatable bonds is 7. The first kappa shape index (κ1) is 21.0. The number of carbonyl (C=O) groups excluding carboxylic acids is 2. The zero-order valence-electron chi connectivity index (χ0n) is 17.3. The zero-order chi connectivity index (χ0) is 20.6. The standard InChI is InChI=1S/C21H30N6O2/c1-25(2)20(28)16-27-15-19(23-24-27)21(29)22-13-17-7-9-18(10-8-17)14-26-11-5-3-4-6-12-26/h7-10,15H,3-6,11-14,16H2,1-2H3,(H,22,29). The summed E-state index contributed by atoms with van der Waals surface area (Å²) in [4.78, 5) is 28.0. The average molecular weight is 399 g/mol. The molecule has 1 N–H and O–H groups in total. The first-order valence-corrected chi connectivity index (χ1v) is 10.2. The molecule has 1 aromatic carbocycles. The molecule has 1 saturated heterocycles. The van der Waals surface area contributed by atoms with Gasteiger partial charge in [0, 0.05) is 27.2 Å². The Balaban J connectivity index is 1.47. The van der Waals surface area contributed by atoms with Gasteiger partial charge in [-0.2, -0.15) is 0 Å². The molecule has 0 aliphatic carbocycles. The van der Waals surface area contributed by atoms with E-state index in [9.17, 15) is 9.59 Å². The molecule has 3 rings (SSSR count). The van der Waals surface area contributed by atoms with E-state index in [1.165, 1.54) is 60.1 Å². The molecule has 29 heavy (non-hydrogen) atoms. The van der Waals surface area contributed by atoms with E-state index in [-0.39, 0.29) is 24.1 Å². The fourth-order valence-corrected chi connectivity index (χ4v) is 3.35. The van der Waals surface area contributed by atoms with Crippen LogP contribution in [-0.2, 0) is 24.4 Å². The highest BCUT2D eigenvalue weighted by Crippen LogP contribution is 2.14. The molecule has 2 aromatic rings. The summed E-state index contributed by atoms with van der Waals surface area (Å²) < 4.78 is 1.37. The molecule has 1 aliphatic rings. The second-order valence-electron chi connectivity index (χ2n) is 7.78. The number of hydrogen-bond donors (Lipinski definition) is 1. The summed E-state index contributed by atoms with van der Waals surface area (Å²) in [6, 6.07) is 8.38. The van der Waals surface area contributed by atoms with Crippen molar-refractivity contribution in [3.8, 4) is 0 Å². The third kappa shape index (κ3) is 6.39. The molecule has 0 bridgehead atoms. The highest BCUT2D eigenvalue weighted by molar-refractivity contribution is 5.91. The molecule has 1 fully saturated rings. The molecule has 2 amide bonds. The van der Waals surface area contributed by atoms with Crippen molar-refractivity contribution >= 4 is 11.8 Å². The van der Waals surface area contributed by atoms with Crippen LogP contribution in [0.15, 0.2) is 30.5 Å². The minimum absolute atomic E-state index is 0.0613. The highest BCUT2D eigenvalue weighted by atomic mass is 16.2. The zero-order valence-corrected chi connectivity index (χ0v) is 17.3. The van der Waals surface area contributed by atoms with Crippen LogP contribution in [0.1, 0.15) is 47.3 Å². The summed E-state index contributed by atoms with van der Waals surface area (Å²) in [5.74, 6) is -0.413. The Hall–Kier alpha value is -2.74. The molecular weight excluding hydrogens is 368 g/mol. The summed E-state index contributed by atoms with van der Waals surface area (Å²) in [5, 5.41) is 10.5. The fourth-order valence-electron chi connectivity index (χ4n) is 3.35. The number of hydrogen-bond acceptors (Lipinski definition) is 5. The molecule has 0 unspecified atom stereocenters. The summed E-state index contributed by atoms with van der Waals surface area (Å²) in [6.45, 7) is 3.83. The smallest absolute Gasteiger partial charge is 0.273 e. The van der Waals surface area contributed by atoms with Gasteiger partial charge in [0.1, 0.15) is 6.54 Å². The Bertz CT molecular complexity index is 807. The van der Waals surface area contributed by atoms with Crippen LogP contribution in [0.25, 0.3) is 0 Å². The summed E-state index contributed by atoms with van der Waals surface area (Å²) in [5.41, 5.74) is 2.54. The lowest BCUT2D eigenvalue weighted by Gasteiger charge is -2.19. The lowest BCUT2D eigenvalue weighted by molar-refractivity contribution is -0.129. The maximum Gasteiger partial charge on any atom is 0.273 e. The molecule has 0 saturated carbocycles. The van der Waals surface area contributed by atoms with Crippen molar-refractivity contribution in [3.63, 3.8) is 0 Å². The molecule has 8 nitrogen and oxygen atoms in total. The van der Waals surface area contributed by atoms with Gasteiger partial charge in [-0.3, -0.25) is 14.5 Å². The van der Waals surface area contributed by atoms with E-state index in [1.54, 1.807) is 14.1 Å². The molecule has 0 radical (unpaired) electrons. The number of aromatic nitrogens is 3. The topological polar surface area (TPSA) is 83.4 Å². The predicted octanol–water partition coefficient (Wildman–Crippen LogP) is 1.67. The summed E-state index contributed by atoms with van der Waals surface area (Å²) in [7, 11) is 3.35. The van der Waals surface area contributed by atoms with Crippen LogP contribution in [0.3, 0.4) is 0 Å². The number of likely N-dealkylation sites (tertiary alicyclic amines) is 1. The van der Waals surface area contributed by atoms with Crippen molar-refractivity contribution in [3.05, 3.63) is 47.3 Å². The fraction of sp³-hybridized carbons (Fsp3) is 0.524. The number of carbonyl (C=O) groups is 2. The largest absolute Gasteiger partial charge is 0.347 e. The van der Waals surface area contributed by atoms with Gasteiger partial charge in [-0.1, -0.05) is 42.3 Å². The maximum atomic E-state index is 12.3. The third-order valence-electron chi connectivity index (χ3n) is 5.15. The van der Waals surface area contributed by atoms with Crippen molar-refractivity contribution in [2.24, 2.45) is 0 Å². The van der Waals surface area contributed by atoms with Crippen molar-refractivity contribution < 1.29 is 9.59 Å². The predicted molar refractivity (Wildman–Crippen MR) is 110 cm³/mol. The van der Waals surface area contributed by atoms with Gasteiger partial charge in [0.2, 0.25) is 5.91 Å². The maximum absolute atomic E-state index is 12.3. The lowest BCUT2D eigenvalue weighted by Crippen LogP contribution is -2.26. The average Bonchev–Trinajstić information content (AvgIpc) is 3.03. The number of benzene rings is 1. The highest BCUT2D eigenvalue weighted by Gasteiger charge is 2.13. The Morgan fingerprint density at radius 3 is 2.34 bits per heavy atom. The van der Waals surface area contributed by atoms with Gasteiger partial charge in [-0.15, -0.1) is 5.10 Å². The second-order valence-corrected chi connectivity index (χ2v) is 7.78. The van der Waals surface area contributed by atoms with Crippen LogP contribution in [0.4, 0.5) is 0 Å². The summed E-state index contributed by atoms with van der Waals surface area (Å²) in [6.07, 6.45) is 6.75. The molecule has 2 heterocycles. The minimum Gasteiger partial charge on any atom is -0.347 e. The number of nitrogens with zero attached hydrogens (tertiary/aromatic N) is 5. The van der Waals surface area contributed by atoms with Crippen LogP contribution in [0, 0.1) is 0 Å². The van der Waals surface area contributed by atoms with Crippen molar-refractivity contribution in [1.29, 1.82) is 0 Å². The number of amides is 2. The van der Waals surface area contributed by atoms with E-state index in [2.05, 4.69) is 44.8 Å². The Labute approximate surface area is 171 Å². The van der Waals surface area contributed by atoms with Gasteiger partial charge >= 0.3 is 0 Å². The molecule has 1 aromatic heterocycles. The Morgan fingerprint density at radius 1 is 1.03 bits per heavy atom. The molecule has 8 heteroatoms. The molecular formula is C21H30N6O2.